The van der Waals surface area contributed by atoms with Crippen molar-refractivity contribution in [1.82, 2.24) is 0 Å². The van der Waals surface area contributed by atoms with Gasteiger partial charge in [-0.25, -0.2) is 0 Å². The predicted octanol–water partition coefficient (Wildman–Crippen LogP) is 1.72. The quantitative estimate of drug-likeness (QED) is 0.530. The highest BCUT2D eigenvalue weighted by Crippen LogP contribution is 2.25. The molecular formula is C8H14O. The summed E-state index contributed by atoms with van der Waals surface area (Å²) in [5.41, 5.74) is 0. The zero-order valence-corrected chi connectivity index (χ0v) is 5.88. The largest absolute Gasteiger partial charge is 0.393 e. The van der Waals surface area contributed by atoms with E-state index in [4.69, 9.17) is 5.11 Å². The first-order valence-corrected chi connectivity index (χ1v) is 3.64. The van der Waals surface area contributed by atoms with Crippen LogP contribution in [0.5, 0.6) is 0 Å². The van der Waals surface area contributed by atoms with Crippen molar-refractivity contribution in [1.29, 1.82) is 0 Å². The summed E-state index contributed by atoms with van der Waals surface area (Å²) in [6.45, 7) is 2.03. The molecular weight excluding hydrogens is 112 g/mol. The van der Waals surface area contributed by atoms with Gasteiger partial charge in [-0.05, 0) is 32.1 Å². The van der Waals surface area contributed by atoms with Crippen LogP contribution in [0.2, 0.25) is 0 Å². The summed E-state index contributed by atoms with van der Waals surface area (Å²) in [5, 5.41) is 9.09. The van der Waals surface area contributed by atoms with Gasteiger partial charge in [-0.2, -0.15) is 0 Å². The lowest BCUT2D eigenvalue weighted by molar-refractivity contribution is 0.180. The molecule has 0 heterocycles. The molecule has 1 aliphatic carbocycles. The molecule has 0 spiro atoms. The van der Waals surface area contributed by atoms with Crippen LogP contribution in [-0.4, -0.2) is 11.2 Å². The molecule has 1 rings (SSSR count). The van der Waals surface area contributed by atoms with Crippen LogP contribution in [0.1, 0.15) is 26.2 Å². The van der Waals surface area contributed by atoms with Gasteiger partial charge in [-0.1, -0.05) is 12.2 Å². The van der Waals surface area contributed by atoms with Crippen molar-refractivity contribution in [2.75, 3.05) is 0 Å². The van der Waals surface area contributed by atoms with Crippen molar-refractivity contribution in [3.63, 3.8) is 0 Å². The number of allylic oxidation sites excluding steroid dienone is 2. The predicted molar refractivity (Wildman–Crippen MR) is 38.2 cm³/mol. The number of rotatable bonds is 1. The number of aliphatic hydroxyl groups excluding tert-OH is 1. The van der Waals surface area contributed by atoms with Crippen LogP contribution in [-0.2, 0) is 0 Å². The highest BCUT2D eigenvalue weighted by atomic mass is 16.3. The molecule has 1 heteroatoms. The van der Waals surface area contributed by atoms with E-state index in [1.165, 1.54) is 6.42 Å². The molecule has 0 aromatic rings. The number of aliphatic hydroxyl groups is 1. The van der Waals surface area contributed by atoms with E-state index in [2.05, 4.69) is 12.2 Å². The third kappa shape index (κ3) is 1.83. The maximum Gasteiger partial charge on any atom is 0.0546 e. The van der Waals surface area contributed by atoms with Gasteiger partial charge >= 0.3 is 0 Å². The third-order valence-electron chi connectivity index (χ3n) is 1.91. The van der Waals surface area contributed by atoms with Crippen LogP contribution < -0.4 is 0 Å². The molecule has 0 amide bonds. The Morgan fingerprint density at radius 3 is 2.67 bits per heavy atom. The van der Waals surface area contributed by atoms with Gasteiger partial charge in [0, 0.05) is 0 Å². The number of hydrogen-bond acceptors (Lipinski definition) is 1. The summed E-state index contributed by atoms with van der Waals surface area (Å²) in [5.74, 6) is 0.657. The summed E-state index contributed by atoms with van der Waals surface area (Å²) >= 11 is 0. The average Bonchev–Trinajstić information content (AvgIpc) is 2.17. The second-order valence-electron chi connectivity index (χ2n) is 2.75. The molecule has 1 nitrogen and oxygen atoms in total. The Morgan fingerprint density at radius 2 is 2.22 bits per heavy atom. The van der Waals surface area contributed by atoms with Crippen molar-refractivity contribution >= 4 is 0 Å². The Bertz CT molecular complexity index is 107. The Kier molecular flexibility index (Phi) is 2.29. The zero-order valence-electron chi connectivity index (χ0n) is 5.88. The van der Waals surface area contributed by atoms with Crippen molar-refractivity contribution in [3.8, 4) is 0 Å². The van der Waals surface area contributed by atoms with Gasteiger partial charge in [0.25, 0.3) is 0 Å². The lowest BCUT2D eigenvalue weighted by Gasteiger charge is -1.99. The molecule has 0 aromatic carbocycles. The van der Waals surface area contributed by atoms with Gasteiger partial charge in [-0.15, -0.1) is 0 Å². The van der Waals surface area contributed by atoms with Crippen molar-refractivity contribution in [2.24, 2.45) is 5.92 Å². The summed E-state index contributed by atoms with van der Waals surface area (Å²) in [6, 6.07) is 0. The molecule has 1 fully saturated rings. The summed E-state index contributed by atoms with van der Waals surface area (Å²) in [7, 11) is 0. The molecule has 52 valence electrons. The first kappa shape index (κ1) is 6.81. The maximum absolute atomic E-state index is 9.09. The Hall–Kier alpha value is -0.300. The topological polar surface area (TPSA) is 20.2 Å². The van der Waals surface area contributed by atoms with Crippen LogP contribution in [0, 0.1) is 5.92 Å². The van der Waals surface area contributed by atoms with E-state index < -0.39 is 0 Å². The van der Waals surface area contributed by atoms with Crippen molar-refractivity contribution < 1.29 is 5.11 Å². The normalized spacial score (nSPS) is 36.2. The molecule has 1 N–H and O–H groups in total. The first-order valence-electron chi connectivity index (χ1n) is 3.64. The van der Waals surface area contributed by atoms with Crippen molar-refractivity contribution in [2.45, 2.75) is 32.3 Å². The van der Waals surface area contributed by atoms with Gasteiger partial charge in [0.05, 0.1) is 6.10 Å². The zero-order chi connectivity index (χ0) is 6.69. The Labute approximate surface area is 56.4 Å². The minimum absolute atomic E-state index is 0.0220. The SMILES string of the molecule is C/C=C/C1CCC(O)C1. The van der Waals surface area contributed by atoms with E-state index >= 15 is 0 Å². The standard InChI is InChI=1S/C8H14O/c1-2-3-7-4-5-8(9)6-7/h2-3,7-9H,4-6H2,1H3/b3-2+. The van der Waals surface area contributed by atoms with Gasteiger partial charge in [0.1, 0.15) is 0 Å². The fourth-order valence-electron chi connectivity index (χ4n) is 1.44. The number of hydrogen-bond donors (Lipinski definition) is 1. The smallest absolute Gasteiger partial charge is 0.0546 e. The Morgan fingerprint density at radius 1 is 1.44 bits per heavy atom. The molecule has 1 saturated carbocycles. The van der Waals surface area contributed by atoms with Crippen LogP contribution >= 0.6 is 0 Å². The highest BCUT2D eigenvalue weighted by Gasteiger charge is 2.19. The highest BCUT2D eigenvalue weighted by molar-refractivity contribution is 4.90. The first-order chi connectivity index (χ1) is 4.33. The monoisotopic (exact) mass is 126 g/mol. The van der Waals surface area contributed by atoms with E-state index in [9.17, 15) is 0 Å². The second kappa shape index (κ2) is 3.02. The second-order valence-corrected chi connectivity index (χ2v) is 2.75. The van der Waals surface area contributed by atoms with Crippen LogP contribution in [0.4, 0.5) is 0 Å². The minimum Gasteiger partial charge on any atom is -0.393 e. The summed E-state index contributed by atoms with van der Waals surface area (Å²) in [4.78, 5) is 0. The third-order valence-corrected chi connectivity index (χ3v) is 1.91. The van der Waals surface area contributed by atoms with Gasteiger partial charge in [-0.3, -0.25) is 0 Å². The molecule has 0 saturated heterocycles. The fraction of sp³-hybridized carbons (Fsp3) is 0.750. The average molecular weight is 126 g/mol. The lowest BCUT2D eigenvalue weighted by atomic mass is 10.1. The molecule has 9 heavy (non-hydrogen) atoms. The van der Waals surface area contributed by atoms with E-state index in [0.29, 0.717) is 5.92 Å². The molecule has 0 aliphatic heterocycles. The van der Waals surface area contributed by atoms with Crippen molar-refractivity contribution in [3.05, 3.63) is 12.2 Å². The summed E-state index contributed by atoms with van der Waals surface area (Å²) in [6.07, 6.45) is 7.38. The van der Waals surface area contributed by atoms with Gasteiger partial charge in [0.15, 0.2) is 0 Å². The Balaban J connectivity index is 2.30. The van der Waals surface area contributed by atoms with Crippen LogP contribution in [0.3, 0.4) is 0 Å². The van der Waals surface area contributed by atoms with E-state index in [0.717, 1.165) is 12.8 Å². The molecule has 2 unspecified atom stereocenters. The van der Waals surface area contributed by atoms with E-state index in [1.807, 2.05) is 6.92 Å². The van der Waals surface area contributed by atoms with E-state index in [1.54, 1.807) is 0 Å². The minimum atomic E-state index is -0.0220. The molecule has 0 bridgehead atoms. The van der Waals surface area contributed by atoms with Gasteiger partial charge in [0.2, 0.25) is 0 Å². The van der Waals surface area contributed by atoms with Gasteiger partial charge < -0.3 is 5.11 Å². The van der Waals surface area contributed by atoms with Crippen LogP contribution in [0.15, 0.2) is 12.2 Å². The lowest BCUT2D eigenvalue weighted by Crippen LogP contribution is -1.97. The summed E-state index contributed by atoms with van der Waals surface area (Å²) < 4.78 is 0. The molecule has 1 aliphatic rings. The maximum atomic E-state index is 9.09. The molecule has 0 aromatic heterocycles. The van der Waals surface area contributed by atoms with E-state index in [-0.39, 0.29) is 6.10 Å². The fourth-order valence-corrected chi connectivity index (χ4v) is 1.44. The molecule has 2 atom stereocenters. The van der Waals surface area contributed by atoms with Crippen LogP contribution in [0.25, 0.3) is 0 Å². The molecule has 0 radical (unpaired) electrons.